The van der Waals surface area contributed by atoms with E-state index in [0.717, 1.165) is 14.8 Å². The quantitative estimate of drug-likeness (QED) is 0.628. The molecule has 3 heteroatoms. The molecule has 0 spiro atoms. The second kappa shape index (κ2) is 4.23. The minimum Gasteiger partial charge on any atom is -0.380 e. The summed E-state index contributed by atoms with van der Waals surface area (Å²) in [6.07, 6.45) is 0. The van der Waals surface area contributed by atoms with E-state index >= 15 is 0 Å². The van der Waals surface area contributed by atoms with Gasteiger partial charge >= 0.3 is 0 Å². The predicted molar refractivity (Wildman–Crippen MR) is 65.2 cm³/mol. The molecule has 14 heavy (non-hydrogen) atoms. The summed E-state index contributed by atoms with van der Waals surface area (Å²) in [6.45, 7) is 0.621. The number of benzene rings is 1. The van der Waals surface area contributed by atoms with Crippen LogP contribution in [0.15, 0.2) is 30.3 Å². The monoisotopic (exact) mass is 299 g/mol. The van der Waals surface area contributed by atoms with E-state index in [0.29, 0.717) is 6.61 Å². The van der Waals surface area contributed by atoms with Crippen molar-refractivity contribution in [2.75, 3.05) is 7.11 Å². The van der Waals surface area contributed by atoms with Gasteiger partial charge in [-0.2, -0.15) is 0 Å². The number of para-hydroxylation sites is 1. The molecule has 1 heterocycles. The summed E-state index contributed by atoms with van der Waals surface area (Å²) < 4.78 is 6.13. The average Bonchev–Trinajstić information content (AvgIpc) is 2.19. The van der Waals surface area contributed by atoms with Crippen LogP contribution in [0, 0.1) is 3.70 Å². The first kappa shape index (κ1) is 9.86. The Bertz CT molecular complexity index is 456. The standard InChI is InChI=1S/C11H10INO/c1-14-7-9-6-8-4-2-3-5-10(8)13-11(9)12/h2-6H,7H2,1H3. The Morgan fingerprint density at radius 1 is 1.36 bits per heavy atom. The molecule has 0 amide bonds. The van der Waals surface area contributed by atoms with Gasteiger partial charge < -0.3 is 4.74 Å². The second-order valence-electron chi connectivity index (χ2n) is 3.06. The summed E-state index contributed by atoms with van der Waals surface area (Å²) >= 11 is 2.24. The van der Waals surface area contributed by atoms with Gasteiger partial charge in [0.05, 0.1) is 12.1 Å². The average molecular weight is 299 g/mol. The smallest absolute Gasteiger partial charge is 0.107 e. The van der Waals surface area contributed by atoms with Crippen molar-refractivity contribution in [1.29, 1.82) is 0 Å². The number of halogens is 1. The van der Waals surface area contributed by atoms with Crippen molar-refractivity contribution in [3.8, 4) is 0 Å². The number of ether oxygens (including phenoxy) is 1. The highest BCUT2D eigenvalue weighted by Crippen LogP contribution is 2.18. The molecule has 0 saturated carbocycles. The van der Waals surface area contributed by atoms with E-state index in [2.05, 4.69) is 39.7 Å². The zero-order valence-corrected chi connectivity index (χ0v) is 9.98. The van der Waals surface area contributed by atoms with Crippen molar-refractivity contribution in [2.45, 2.75) is 6.61 Å². The van der Waals surface area contributed by atoms with Gasteiger partial charge in [0.1, 0.15) is 3.70 Å². The normalized spacial score (nSPS) is 10.7. The summed E-state index contributed by atoms with van der Waals surface area (Å²) in [5, 5.41) is 1.17. The molecule has 0 fully saturated rings. The predicted octanol–water partition coefficient (Wildman–Crippen LogP) is 2.99. The van der Waals surface area contributed by atoms with E-state index in [9.17, 15) is 0 Å². The van der Waals surface area contributed by atoms with Gasteiger partial charge in [-0.3, -0.25) is 0 Å². The van der Waals surface area contributed by atoms with Crippen molar-refractivity contribution in [1.82, 2.24) is 4.98 Å². The SMILES string of the molecule is COCc1cc2ccccc2nc1I. The lowest BCUT2D eigenvalue weighted by molar-refractivity contribution is 0.184. The molecule has 0 aliphatic heterocycles. The molecule has 0 bridgehead atoms. The number of hydrogen-bond donors (Lipinski definition) is 0. The largest absolute Gasteiger partial charge is 0.380 e. The molecule has 1 aromatic carbocycles. The molecular weight excluding hydrogens is 289 g/mol. The maximum Gasteiger partial charge on any atom is 0.107 e. The van der Waals surface area contributed by atoms with Gasteiger partial charge in [-0.05, 0) is 34.7 Å². The van der Waals surface area contributed by atoms with E-state index in [1.807, 2.05) is 18.2 Å². The highest BCUT2D eigenvalue weighted by atomic mass is 127. The van der Waals surface area contributed by atoms with Crippen LogP contribution in [-0.2, 0) is 11.3 Å². The van der Waals surface area contributed by atoms with Crippen LogP contribution in [0.2, 0.25) is 0 Å². The third-order valence-corrected chi connectivity index (χ3v) is 2.98. The van der Waals surface area contributed by atoms with Crippen molar-refractivity contribution in [3.05, 3.63) is 39.6 Å². The molecule has 72 valence electrons. The third kappa shape index (κ3) is 1.88. The van der Waals surface area contributed by atoms with Crippen molar-refractivity contribution in [2.24, 2.45) is 0 Å². The van der Waals surface area contributed by atoms with Gasteiger partial charge in [-0.15, -0.1) is 0 Å². The summed E-state index contributed by atoms with van der Waals surface area (Å²) in [5.41, 5.74) is 2.18. The molecule has 0 radical (unpaired) electrons. The molecule has 1 aromatic heterocycles. The molecule has 2 nitrogen and oxygen atoms in total. The molecule has 2 rings (SSSR count). The van der Waals surface area contributed by atoms with Crippen LogP contribution in [0.25, 0.3) is 10.9 Å². The fourth-order valence-corrected chi connectivity index (χ4v) is 1.96. The summed E-state index contributed by atoms with van der Waals surface area (Å²) in [4.78, 5) is 4.50. The Hall–Kier alpha value is -0.680. The number of hydrogen-bond acceptors (Lipinski definition) is 2. The number of rotatable bonds is 2. The zero-order chi connectivity index (χ0) is 9.97. The Morgan fingerprint density at radius 3 is 2.93 bits per heavy atom. The molecule has 0 aliphatic rings. The minimum absolute atomic E-state index is 0.621. The van der Waals surface area contributed by atoms with E-state index in [1.165, 1.54) is 5.39 Å². The molecule has 2 aromatic rings. The van der Waals surface area contributed by atoms with Crippen LogP contribution in [0.3, 0.4) is 0 Å². The van der Waals surface area contributed by atoms with Crippen LogP contribution >= 0.6 is 22.6 Å². The van der Waals surface area contributed by atoms with Crippen LogP contribution in [0.1, 0.15) is 5.56 Å². The van der Waals surface area contributed by atoms with Gasteiger partial charge in [0, 0.05) is 18.1 Å². The summed E-state index contributed by atoms with van der Waals surface area (Å²) in [5.74, 6) is 0. The maximum absolute atomic E-state index is 5.11. The molecule has 0 unspecified atom stereocenters. The Morgan fingerprint density at radius 2 is 2.14 bits per heavy atom. The number of fused-ring (bicyclic) bond motifs is 1. The first-order valence-electron chi connectivity index (χ1n) is 4.34. The Balaban J connectivity index is 2.59. The Kier molecular flexibility index (Phi) is 2.98. The second-order valence-corrected chi connectivity index (χ2v) is 4.09. The topological polar surface area (TPSA) is 22.1 Å². The van der Waals surface area contributed by atoms with Crippen LogP contribution in [0.5, 0.6) is 0 Å². The molecule has 0 atom stereocenters. The number of nitrogens with zero attached hydrogens (tertiary/aromatic N) is 1. The van der Waals surface area contributed by atoms with Crippen LogP contribution < -0.4 is 0 Å². The van der Waals surface area contributed by atoms with Crippen molar-refractivity contribution >= 4 is 33.5 Å². The highest BCUT2D eigenvalue weighted by Gasteiger charge is 2.02. The van der Waals surface area contributed by atoms with Crippen molar-refractivity contribution in [3.63, 3.8) is 0 Å². The van der Waals surface area contributed by atoms with Gasteiger partial charge in [0.25, 0.3) is 0 Å². The van der Waals surface area contributed by atoms with Gasteiger partial charge in [-0.25, -0.2) is 4.98 Å². The minimum atomic E-state index is 0.621. The fraction of sp³-hybridized carbons (Fsp3) is 0.182. The first-order valence-corrected chi connectivity index (χ1v) is 5.42. The first-order chi connectivity index (χ1) is 6.81. The molecule has 0 saturated heterocycles. The molecule has 0 aliphatic carbocycles. The summed E-state index contributed by atoms with van der Waals surface area (Å²) in [6, 6.07) is 10.2. The van der Waals surface area contributed by atoms with E-state index in [4.69, 9.17) is 4.74 Å². The zero-order valence-electron chi connectivity index (χ0n) is 7.83. The van der Waals surface area contributed by atoms with Crippen LogP contribution in [0.4, 0.5) is 0 Å². The lowest BCUT2D eigenvalue weighted by Crippen LogP contribution is -1.95. The number of aromatic nitrogens is 1. The fourth-order valence-electron chi connectivity index (χ4n) is 1.39. The number of pyridine rings is 1. The Labute approximate surface area is 96.4 Å². The van der Waals surface area contributed by atoms with E-state index < -0.39 is 0 Å². The third-order valence-electron chi connectivity index (χ3n) is 2.05. The van der Waals surface area contributed by atoms with Crippen molar-refractivity contribution < 1.29 is 4.74 Å². The molecular formula is C11H10INO. The van der Waals surface area contributed by atoms with E-state index in [1.54, 1.807) is 7.11 Å². The highest BCUT2D eigenvalue weighted by molar-refractivity contribution is 14.1. The van der Waals surface area contributed by atoms with Gasteiger partial charge in [0.2, 0.25) is 0 Å². The lowest BCUT2D eigenvalue weighted by Gasteiger charge is -2.04. The van der Waals surface area contributed by atoms with Crippen LogP contribution in [-0.4, -0.2) is 12.1 Å². The van der Waals surface area contributed by atoms with E-state index in [-0.39, 0.29) is 0 Å². The molecule has 0 N–H and O–H groups in total. The summed E-state index contributed by atoms with van der Waals surface area (Å²) in [7, 11) is 1.70. The number of methoxy groups -OCH3 is 1. The van der Waals surface area contributed by atoms with Gasteiger partial charge in [-0.1, -0.05) is 18.2 Å². The maximum atomic E-state index is 5.11. The van der Waals surface area contributed by atoms with Gasteiger partial charge in [0.15, 0.2) is 0 Å². The lowest BCUT2D eigenvalue weighted by atomic mass is 10.2.